The van der Waals surface area contributed by atoms with Crippen LogP contribution in [0.5, 0.6) is 0 Å². The maximum absolute atomic E-state index is 12.1. The Labute approximate surface area is 107 Å². The molecule has 0 unspecified atom stereocenters. The van der Waals surface area contributed by atoms with Crippen molar-refractivity contribution in [3.8, 4) is 0 Å². The summed E-state index contributed by atoms with van der Waals surface area (Å²) in [5.74, 6) is -1.30. The highest BCUT2D eigenvalue weighted by Crippen LogP contribution is 2.22. The quantitative estimate of drug-likeness (QED) is 0.851. The van der Waals surface area contributed by atoms with Gasteiger partial charge in [-0.25, -0.2) is 13.2 Å². The number of aryl methyl sites for hydroxylation is 2. The lowest BCUT2D eigenvalue weighted by Crippen LogP contribution is -2.11. The molecule has 18 heavy (non-hydrogen) atoms. The van der Waals surface area contributed by atoms with Crippen LogP contribution in [-0.2, 0) is 9.84 Å². The Kier molecular flexibility index (Phi) is 3.96. The van der Waals surface area contributed by atoms with Crippen molar-refractivity contribution in [2.75, 3.05) is 5.75 Å². The maximum Gasteiger partial charge on any atom is 0.335 e. The first-order valence-corrected chi connectivity index (χ1v) is 7.02. The number of carboxylic acid groups (broad SMARTS) is 1. The number of hydrogen-bond donors (Lipinski definition) is 1. The fourth-order valence-electron chi connectivity index (χ4n) is 1.80. The molecule has 0 bridgehead atoms. The summed E-state index contributed by atoms with van der Waals surface area (Å²) in [4.78, 5) is 11.1. The number of aromatic carboxylic acids is 1. The number of hydrogen-bond acceptors (Lipinski definition) is 3. The van der Waals surface area contributed by atoms with Crippen molar-refractivity contribution in [3.63, 3.8) is 0 Å². The molecule has 0 aliphatic carbocycles. The summed E-state index contributed by atoms with van der Waals surface area (Å²) in [6.07, 6.45) is 0. The molecule has 1 aromatic carbocycles. The van der Waals surface area contributed by atoms with Gasteiger partial charge in [0.1, 0.15) is 0 Å². The largest absolute Gasteiger partial charge is 0.478 e. The molecule has 98 valence electrons. The average Bonchev–Trinajstić information content (AvgIpc) is 2.13. The maximum atomic E-state index is 12.1. The van der Waals surface area contributed by atoms with Gasteiger partial charge < -0.3 is 5.11 Å². The van der Waals surface area contributed by atoms with Gasteiger partial charge in [0.2, 0.25) is 0 Å². The summed E-state index contributed by atoms with van der Waals surface area (Å²) in [6.45, 7) is 8.50. The third-order valence-electron chi connectivity index (χ3n) is 2.52. The second kappa shape index (κ2) is 4.94. The highest BCUT2D eigenvalue weighted by atomic mass is 32.2. The van der Waals surface area contributed by atoms with Crippen molar-refractivity contribution in [3.05, 3.63) is 41.0 Å². The first-order valence-electron chi connectivity index (χ1n) is 5.37. The van der Waals surface area contributed by atoms with Gasteiger partial charge in [-0.1, -0.05) is 18.2 Å². The Bertz CT molecular complexity index is 612. The van der Waals surface area contributed by atoms with Crippen LogP contribution in [-0.4, -0.2) is 25.2 Å². The van der Waals surface area contributed by atoms with Crippen LogP contribution < -0.4 is 0 Å². The molecule has 0 fully saturated rings. The Hall–Kier alpha value is -1.62. The molecular weight excluding hydrogens is 252 g/mol. The highest BCUT2D eigenvalue weighted by Gasteiger charge is 2.20. The molecule has 1 rings (SSSR count). The Balaban J connectivity index is 3.46. The van der Waals surface area contributed by atoms with Crippen LogP contribution in [0.1, 0.15) is 28.4 Å². The number of carboxylic acids is 1. The Morgan fingerprint density at radius 1 is 1.28 bits per heavy atom. The predicted octanol–water partition coefficient (Wildman–Crippen LogP) is 2.35. The second-order valence-electron chi connectivity index (χ2n) is 4.45. The molecule has 1 N–H and O–H groups in total. The number of sulfone groups is 1. The van der Waals surface area contributed by atoms with E-state index >= 15 is 0 Å². The average molecular weight is 268 g/mol. The van der Waals surface area contributed by atoms with Crippen LogP contribution >= 0.6 is 0 Å². The van der Waals surface area contributed by atoms with Gasteiger partial charge in [0.15, 0.2) is 9.84 Å². The molecular formula is C13H16O4S. The van der Waals surface area contributed by atoms with Crippen molar-refractivity contribution in [1.29, 1.82) is 0 Å². The lowest BCUT2D eigenvalue weighted by Gasteiger charge is -2.10. The standard InChI is InChI=1S/C13H16O4S/c1-8(2)7-18(16,17)12-6-11(13(14)15)9(3)5-10(12)4/h5-6H,1,7H2,2-4H3,(H,14,15). The van der Waals surface area contributed by atoms with E-state index in [0.717, 1.165) is 0 Å². The molecule has 1 aromatic rings. The van der Waals surface area contributed by atoms with E-state index in [1.807, 2.05) is 0 Å². The zero-order valence-electron chi connectivity index (χ0n) is 10.6. The molecule has 0 saturated heterocycles. The number of carbonyl (C=O) groups is 1. The molecule has 0 radical (unpaired) electrons. The van der Waals surface area contributed by atoms with Crippen LogP contribution in [0.4, 0.5) is 0 Å². The van der Waals surface area contributed by atoms with E-state index in [-0.39, 0.29) is 16.2 Å². The third-order valence-corrected chi connectivity index (χ3v) is 4.51. The van der Waals surface area contributed by atoms with Crippen molar-refractivity contribution >= 4 is 15.8 Å². The minimum Gasteiger partial charge on any atom is -0.478 e. The van der Waals surface area contributed by atoms with Gasteiger partial charge in [-0.05, 0) is 38.0 Å². The Morgan fingerprint density at radius 3 is 2.28 bits per heavy atom. The molecule has 0 amide bonds. The summed E-state index contributed by atoms with van der Waals surface area (Å²) in [5.41, 5.74) is 1.64. The van der Waals surface area contributed by atoms with E-state index in [1.165, 1.54) is 6.07 Å². The van der Waals surface area contributed by atoms with E-state index in [9.17, 15) is 13.2 Å². The molecule has 4 nitrogen and oxygen atoms in total. The predicted molar refractivity (Wildman–Crippen MR) is 69.7 cm³/mol. The second-order valence-corrected chi connectivity index (χ2v) is 6.41. The minimum absolute atomic E-state index is 0.0147. The van der Waals surface area contributed by atoms with Crippen LogP contribution in [0, 0.1) is 13.8 Å². The van der Waals surface area contributed by atoms with Gasteiger partial charge in [-0.2, -0.15) is 0 Å². The first kappa shape index (κ1) is 14.4. The fourth-order valence-corrected chi connectivity index (χ4v) is 3.45. The van der Waals surface area contributed by atoms with Crippen molar-refractivity contribution in [2.45, 2.75) is 25.7 Å². The van der Waals surface area contributed by atoms with Crippen LogP contribution in [0.25, 0.3) is 0 Å². The monoisotopic (exact) mass is 268 g/mol. The normalized spacial score (nSPS) is 11.3. The van der Waals surface area contributed by atoms with Crippen LogP contribution in [0.15, 0.2) is 29.2 Å². The van der Waals surface area contributed by atoms with Gasteiger partial charge in [-0.3, -0.25) is 0 Å². The molecule has 5 heteroatoms. The van der Waals surface area contributed by atoms with E-state index in [2.05, 4.69) is 6.58 Å². The lowest BCUT2D eigenvalue weighted by atomic mass is 10.1. The zero-order valence-corrected chi connectivity index (χ0v) is 11.5. The van der Waals surface area contributed by atoms with Gasteiger partial charge in [-0.15, -0.1) is 0 Å². The number of rotatable bonds is 4. The summed E-state index contributed by atoms with van der Waals surface area (Å²) >= 11 is 0. The van der Waals surface area contributed by atoms with E-state index in [0.29, 0.717) is 16.7 Å². The molecule has 0 heterocycles. The molecule has 0 atom stereocenters. The summed E-state index contributed by atoms with van der Waals surface area (Å²) < 4.78 is 24.2. The van der Waals surface area contributed by atoms with Crippen molar-refractivity contribution in [2.24, 2.45) is 0 Å². The van der Waals surface area contributed by atoms with E-state index < -0.39 is 15.8 Å². The van der Waals surface area contributed by atoms with Crippen molar-refractivity contribution in [1.82, 2.24) is 0 Å². The van der Waals surface area contributed by atoms with Crippen molar-refractivity contribution < 1.29 is 18.3 Å². The topological polar surface area (TPSA) is 71.4 Å². The summed E-state index contributed by atoms with van der Waals surface area (Å²) in [6, 6.07) is 2.81. The van der Waals surface area contributed by atoms with E-state index in [4.69, 9.17) is 5.11 Å². The molecule has 0 aromatic heterocycles. The highest BCUT2D eigenvalue weighted by molar-refractivity contribution is 7.91. The van der Waals surface area contributed by atoms with Crippen LogP contribution in [0.3, 0.4) is 0 Å². The minimum atomic E-state index is -3.53. The first-order chi connectivity index (χ1) is 8.15. The van der Waals surface area contributed by atoms with Gasteiger partial charge >= 0.3 is 5.97 Å². The zero-order chi connectivity index (χ0) is 14.1. The molecule has 0 saturated carbocycles. The van der Waals surface area contributed by atoms with Crippen LogP contribution in [0.2, 0.25) is 0 Å². The molecule has 0 aliphatic heterocycles. The van der Waals surface area contributed by atoms with E-state index in [1.54, 1.807) is 26.8 Å². The fraction of sp³-hybridized carbons (Fsp3) is 0.308. The molecule has 0 spiro atoms. The van der Waals surface area contributed by atoms with Gasteiger partial charge in [0.05, 0.1) is 16.2 Å². The van der Waals surface area contributed by atoms with Gasteiger partial charge in [0.25, 0.3) is 0 Å². The number of benzene rings is 1. The summed E-state index contributed by atoms with van der Waals surface area (Å²) in [7, 11) is -3.53. The smallest absolute Gasteiger partial charge is 0.335 e. The summed E-state index contributed by atoms with van der Waals surface area (Å²) in [5, 5.41) is 9.02. The van der Waals surface area contributed by atoms with Gasteiger partial charge in [0, 0.05) is 0 Å². The SMILES string of the molecule is C=C(C)CS(=O)(=O)c1cc(C(=O)O)c(C)cc1C. The lowest BCUT2D eigenvalue weighted by molar-refractivity contribution is 0.0696. The Morgan fingerprint density at radius 2 is 1.83 bits per heavy atom. The molecule has 0 aliphatic rings. The third kappa shape index (κ3) is 2.98.